The maximum Gasteiger partial charge on any atom is 0.242 e. The number of hydrogen-bond donors (Lipinski definition) is 2. The topological polar surface area (TPSA) is 53.6 Å². The number of nitrogens with one attached hydrogen (secondary N) is 2. The minimum atomic E-state index is -0.306. The summed E-state index contributed by atoms with van der Waals surface area (Å²) in [4.78, 5) is 15.3. The normalized spacial score (nSPS) is 20.0. The molecule has 0 aromatic heterocycles. The lowest BCUT2D eigenvalue weighted by Crippen LogP contribution is -2.41. The Bertz CT molecular complexity index is 831. The Labute approximate surface area is 179 Å². The Balaban J connectivity index is 1.27. The van der Waals surface area contributed by atoms with Gasteiger partial charge in [0.15, 0.2) is 0 Å². The van der Waals surface area contributed by atoms with Gasteiger partial charge in [0, 0.05) is 24.2 Å². The SMILES string of the molecule is C[C@@H](Nc1ccc(CCN2CCCCC2)cc1)C(=O)N[C@@H]1CCOc2ccccc21. The molecule has 30 heavy (non-hydrogen) atoms. The van der Waals surface area contributed by atoms with Gasteiger partial charge in [-0.15, -0.1) is 0 Å². The second kappa shape index (κ2) is 9.98. The molecule has 0 spiro atoms. The molecule has 2 aromatic carbocycles. The quantitative estimate of drug-likeness (QED) is 0.724. The molecule has 5 heteroatoms. The molecular formula is C25H33N3O2. The van der Waals surface area contributed by atoms with Gasteiger partial charge in [-0.1, -0.05) is 36.8 Å². The van der Waals surface area contributed by atoms with Crippen molar-refractivity contribution in [1.82, 2.24) is 10.2 Å². The Hall–Kier alpha value is -2.53. The molecule has 2 aliphatic heterocycles. The first kappa shape index (κ1) is 20.7. The highest BCUT2D eigenvalue weighted by molar-refractivity contribution is 5.84. The highest BCUT2D eigenvalue weighted by atomic mass is 16.5. The first-order valence-electron chi connectivity index (χ1n) is 11.3. The molecule has 2 N–H and O–H groups in total. The van der Waals surface area contributed by atoms with Crippen molar-refractivity contribution in [3.8, 4) is 5.75 Å². The number of piperidine rings is 1. The molecule has 0 unspecified atom stereocenters. The number of nitrogens with zero attached hydrogens (tertiary/aromatic N) is 1. The van der Waals surface area contributed by atoms with Crippen LogP contribution < -0.4 is 15.4 Å². The summed E-state index contributed by atoms with van der Waals surface area (Å²) in [6, 6.07) is 16.1. The molecule has 1 amide bonds. The number of carbonyl (C=O) groups excluding carboxylic acids is 1. The zero-order valence-corrected chi connectivity index (χ0v) is 17.9. The van der Waals surface area contributed by atoms with Crippen LogP contribution in [-0.2, 0) is 11.2 Å². The molecule has 5 nitrogen and oxygen atoms in total. The van der Waals surface area contributed by atoms with E-state index in [2.05, 4.69) is 39.8 Å². The van der Waals surface area contributed by atoms with E-state index in [1.165, 1.54) is 37.9 Å². The van der Waals surface area contributed by atoms with E-state index in [1.54, 1.807) is 0 Å². The number of anilines is 1. The number of fused-ring (bicyclic) bond motifs is 1. The number of likely N-dealkylation sites (tertiary alicyclic amines) is 1. The number of carbonyl (C=O) groups is 1. The van der Waals surface area contributed by atoms with Gasteiger partial charge in [0.05, 0.1) is 12.6 Å². The average Bonchev–Trinajstić information content (AvgIpc) is 2.79. The summed E-state index contributed by atoms with van der Waals surface area (Å²) >= 11 is 0. The molecule has 2 aromatic rings. The highest BCUT2D eigenvalue weighted by Gasteiger charge is 2.24. The lowest BCUT2D eigenvalue weighted by Gasteiger charge is -2.28. The summed E-state index contributed by atoms with van der Waals surface area (Å²) in [6.45, 7) is 6.15. The van der Waals surface area contributed by atoms with Gasteiger partial charge in [0.1, 0.15) is 11.8 Å². The molecule has 1 fully saturated rings. The number of amides is 1. The second-order valence-electron chi connectivity index (χ2n) is 8.45. The standard InChI is InChI=1S/C25H33N3O2/c1-19(25(29)27-23-14-18-30-24-8-4-3-7-22(23)24)26-21-11-9-20(10-12-21)13-17-28-15-5-2-6-16-28/h3-4,7-12,19,23,26H,2,5-6,13-18H2,1H3,(H,27,29)/t19-,23-/m1/s1. The molecule has 2 atom stereocenters. The number of rotatable bonds is 7. The number of para-hydroxylation sites is 1. The average molecular weight is 408 g/mol. The summed E-state index contributed by atoms with van der Waals surface area (Å²) in [6.07, 6.45) is 5.93. The fourth-order valence-corrected chi connectivity index (χ4v) is 4.34. The Morgan fingerprint density at radius 3 is 2.67 bits per heavy atom. The van der Waals surface area contributed by atoms with E-state index < -0.39 is 0 Å². The van der Waals surface area contributed by atoms with Crippen LogP contribution in [0.4, 0.5) is 5.69 Å². The van der Waals surface area contributed by atoms with Gasteiger partial charge in [-0.3, -0.25) is 4.79 Å². The van der Waals surface area contributed by atoms with Crippen molar-refractivity contribution in [2.24, 2.45) is 0 Å². The van der Waals surface area contributed by atoms with Gasteiger partial charge in [-0.2, -0.15) is 0 Å². The van der Waals surface area contributed by atoms with Crippen molar-refractivity contribution in [3.63, 3.8) is 0 Å². The molecule has 0 radical (unpaired) electrons. The van der Waals surface area contributed by atoms with Crippen LogP contribution in [-0.4, -0.2) is 43.1 Å². The minimum absolute atomic E-state index is 0.00358. The van der Waals surface area contributed by atoms with Crippen molar-refractivity contribution in [2.75, 3.05) is 31.6 Å². The molecule has 0 aliphatic carbocycles. The Kier molecular flexibility index (Phi) is 6.90. The Morgan fingerprint density at radius 2 is 1.87 bits per heavy atom. The van der Waals surface area contributed by atoms with Crippen molar-refractivity contribution in [2.45, 2.75) is 51.1 Å². The van der Waals surface area contributed by atoms with Gasteiger partial charge in [0.25, 0.3) is 0 Å². The van der Waals surface area contributed by atoms with Crippen LogP contribution in [0.1, 0.15) is 49.8 Å². The van der Waals surface area contributed by atoms with E-state index in [0.717, 1.165) is 36.4 Å². The monoisotopic (exact) mass is 407 g/mol. The van der Waals surface area contributed by atoms with Gasteiger partial charge in [-0.05, 0) is 63.0 Å². The van der Waals surface area contributed by atoms with Crippen LogP contribution in [0.25, 0.3) is 0 Å². The van der Waals surface area contributed by atoms with Crippen LogP contribution in [0.5, 0.6) is 5.75 Å². The zero-order chi connectivity index (χ0) is 20.8. The van der Waals surface area contributed by atoms with Crippen LogP contribution >= 0.6 is 0 Å². The first-order valence-corrected chi connectivity index (χ1v) is 11.3. The number of hydrogen-bond acceptors (Lipinski definition) is 4. The second-order valence-corrected chi connectivity index (χ2v) is 8.45. The van der Waals surface area contributed by atoms with Crippen LogP contribution in [0.2, 0.25) is 0 Å². The van der Waals surface area contributed by atoms with Crippen molar-refractivity contribution < 1.29 is 9.53 Å². The molecule has 1 saturated heterocycles. The fraction of sp³-hybridized carbons (Fsp3) is 0.480. The molecule has 2 heterocycles. The van der Waals surface area contributed by atoms with Crippen molar-refractivity contribution >= 4 is 11.6 Å². The van der Waals surface area contributed by atoms with E-state index in [1.807, 2.05) is 31.2 Å². The molecule has 0 bridgehead atoms. The molecule has 160 valence electrons. The smallest absolute Gasteiger partial charge is 0.242 e. The predicted molar refractivity (Wildman–Crippen MR) is 121 cm³/mol. The lowest BCUT2D eigenvalue weighted by atomic mass is 10.0. The minimum Gasteiger partial charge on any atom is -0.493 e. The van der Waals surface area contributed by atoms with Crippen molar-refractivity contribution in [3.05, 3.63) is 59.7 Å². The first-order chi connectivity index (χ1) is 14.7. The highest BCUT2D eigenvalue weighted by Crippen LogP contribution is 2.31. The predicted octanol–water partition coefficient (Wildman–Crippen LogP) is 4.16. The van der Waals surface area contributed by atoms with E-state index in [0.29, 0.717) is 6.61 Å². The largest absolute Gasteiger partial charge is 0.493 e. The van der Waals surface area contributed by atoms with E-state index in [9.17, 15) is 4.79 Å². The summed E-state index contributed by atoms with van der Waals surface area (Å²) in [5.41, 5.74) is 3.39. The lowest BCUT2D eigenvalue weighted by molar-refractivity contribution is -0.122. The molecule has 0 saturated carbocycles. The van der Waals surface area contributed by atoms with E-state index in [-0.39, 0.29) is 18.0 Å². The van der Waals surface area contributed by atoms with Gasteiger partial charge >= 0.3 is 0 Å². The maximum atomic E-state index is 12.7. The summed E-state index contributed by atoms with van der Waals surface area (Å²) in [5, 5.41) is 6.51. The number of benzene rings is 2. The van der Waals surface area contributed by atoms with Crippen LogP contribution in [0.3, 0.4) is 0 Å². The summed E-state index contributed by atoms with van der Waals surface area (Å²) in [7, 11) is 0. The fourth-order valence-electron chi connectivity index (χ4n) is 4.34. The van der Waals surface area contributed by atoms with E-state index in [4.69, 9.17) is 4.74 Å². The molecule has 4 rings (SSSR count). The van der Waals surface area contributed by atoms with Crippen LogP contribution in [0.15, 0.2) is 48.5 Å². The maximum absolute atomic E-state index is 12.7. The van der Waals surface area contributed by atoms with Gasteiger partial charge in [0.2, 0.25) is 5.91 Å². The third kappa shape index (κ3) is 5.33. The van der Waals surface area contributed by atoms with Crippen LogP contribution in [0, 0.1) is 0 Å². The number of ether oxygens (including phenoxy) is 1. The molecule has 2 aliphatic rings. The third-order valence-corrected chi connectivity index (χ3v) is 6.17. The Morgan fingerprint density at radius 1 is 1.10 bits per heavy atom. The molecular weight excluding hydrogens is 374 g/mol. The summed E-state index contributed by atoms with van der Waals surface area (Å²) in [5.74, 6) is 0.876. The van der Waals surface area contributed by atoms with Gasteiger partial charge in [-0.25, -0.2) is 0 Å². The van der Waals surface area contributed by atoms with Crippen molar-refractivity contribution in [1.29, 1.82) is 0 Å². The summed E-state index contributed by atoms with van der Waals surface area (Å²) < 4.78 is 5.69. The third-order valence-electron chi connectivity index (χ3n) is 6.17. The van der Waals surface area contributed by atoms with Gasteiger partial charge < -0.3 is 20.3 Å². The zero-order valence-electron chi connectivity index (χ0n) is 17.9. The van der Waals surface area contributed by atoms with E-state index >= 15 is 0 Å².